The summed E-state index contributed by atoms with van der Waals surface area (Å²) in [6, 6.07) is 0. The van der Waals surface area contributed by atoms with E-state index in [-0.39, 0.29) is 0 Å². The van der Waals surface area contributed by atoms with Crippen molar-refractivity contribution in [3.63, 3.8) is 0 Å². The summed E-state index contributed by atoms with van der Waals surface area (Å²) in [4.78, 5) is 0. The van der Waals surface area contributed by atoms with Crippen LogP contribution in [0, 0.1) is 0 Å². The zero-order valence-corrected chi connectivity index (χ0v) is 6.33. The summed E-state index contributed by atoms with van der Waals surface area (Å²) < 4.78 is 0. The fourth-order valence-electron chi connectivity index (χ4n) is 1.23. The topological polar surface area (TPSA) is 24.1 Å². The zero-order valence-electron chi connectivity index (χ0n) is 6.33. The molecule has 1 saturated heterocycles. The molecule has 1 heterocycles. The van der Waals surface area contributed by atoms with Crippen LogP contribution in [0.1, 0.15) is 19.8 Å². The monoisotopic (exact) mass is 128 g/mol. The summed E-state index contributed by atoms with van der Waals surface area (Å²) >= 11 is 0. The Balaban J connectivity index is 2.37. The van der Waals surface area contributed by atoms with Crippen LogP contribution in [0.15, 0.2) is 0 Å². The van der Waals surface area contributed by atoms with Crippen LogP contribution in [0.3, 0.4) is 0 Å². The van der Waals surface area contributed by atoms with Crippen molar-refractivity contribution >= 4 is 0 Å². The molecule has 54 valence electrons. The molecule has 0 aromatic rings. The second-order valence-corrected chi connectivity index (χ2v) is 3.06. The van der Waals surface area contributed by atoms with E-state index in [1.807, 2.05) is 7.05 Å². The highest BCUT2D eigenvalue weighted by Crippen LogP contribution is 2.15. The van der Waals surface area contributed by atoms with Crippen LogP contribution >= 0.6 is 0 Å². The lowest BCUT2D eigenvalue weighted by molar-refractivity contribution is 0.285. The standard InChI is InChI=1S/C7H16N2/c1-7(8-2)3-5-9-6-4-7/h8-9H,3-6H2,1-2H3. The molecule has 9 heavy (non-hydrogen) atoms. The van der Waals surface area contributed by atoms with Crippen LogP contribution in [0.4, 0.5) is 0 Å². The predicted molar refractivity (Wildman–Crippen MR) is 39.6 cm³/mol. The van der Waals surface area contributed by atoms with Gasteiger partial charge in [0, 0.05) is 5.54 Å². The summed E-state index contributed by atoms with van der Waals surface area (Å²) in [5.41, 5.74) is 0.408. The van der Waals surface area contributed by atoms with E-state index < -0.39 is 0 Å². The third-order valence-electron chi connectivity index (χ3n) is 2.31. The second-order valence-electron chi connectivity index (χ2n) is 3.06. The van der Waals surface area contributed by atoms with Crippen LogP contribution in [-0.4, -0.2) is 25.7 Å². The molecule has 2 N–H and O–H groups in total. The molecule has 0 radical (unpaired) electrons. The Morgan fingerprint density at radius 2 is 1.89 bits per heavy atom. The average Bonchev–Trinajstić information content (AvgIpc) is 1.90. The molecule has 0 spiro atoms. The number of piperidine rings is 1. The minimum absolute atomic E-state index is 0.408. The molecular formula is C7H16N2. The van der Waals surface area contributed by atoms with Gasteiger partial charge in [-0.05, 0) is 39.9 Å². The van der Waals surface area contributed by atoms with Crippen molar-refractivity contribution in [3.8, 4) is 0 Å². The number of hydrogen-bond donors (Lipinski definition) is 2. The Kier molecular flexibility index (Phi) is 2.09. The fourth-order valence-corrected chi connectivity index (χ4v) is 1.23. The quantitative estimate of drug-likeness (QED) is 0.532. The molecule has 1 rings (SSSR count). The first kappa shape index (κ1) is 7.03. The minimum atomic E-state index is 0.408. The fraction of sp³-hybridized carbons (Fsp3) is 1.00. The normalized spacial score (nSPS) is 26.0. The molecule has 0 aromatic heterocycles. The maximum Gasteiger partial charge on any atom is 0.0174 e. The summed E-state index contributed by atoms with van der Waals surface area (Å²) in [6.45, 7) is 4.61. The zero-order chi connectivity index (χ0) is 6.74. The molecule has 0 bridgehead atoms. The van der Waals surface area contributed by atoms with Gasteiger partial charge in [-0.1, -0.05) is 0 Å². The molecule has 1 fully saturated rings. The van der Waals surface area contributed by atoms with Crippen molar-refractivity contribution in [2.45, 2.75) is 25.3 Å². The third-order valence-corrected chi connectivity index (χ3v) is 2.31. The maximum atomic E-state index is 3.34. The largest absolute Gasteiger partial charge is 0.317 e. The van der Waals surface area contributed by atoms with Gasteiger partial charge in [0.05, 0.1) is 0 Å². The van der Waals surface area contributed by atoms with E-state index in [1.54, 1.807) is 0 Å². The van der Waals surface area contributed by atoms with Crippen molar-refractivity contribution in [1.29, 1.82) is 0 Å². The van der Waals surface area contributed by atoms with Crippen molar-refractivity contribution < 1.29 is 0 Å². The average molecular weight is 128 g/mol. The Labute approximate surface area is 57.0 Å². The van der Waals surface area contributed by atoms with Gasteiger partial charge in [-0.2, -0.15) is 0 Å². The molecule has 0 aliphatic carbocycles. The molecule has 0 atom stereocenters. The van der Waals surface area contributed by atoms with Gasteiger partial charge >= 0.3 is 0 Å². The van der Waals surface area contributed by atoms with Gasteiger partial charge in [0.1, 0.15) is 0 Å². The van der Waals surface area contributed by atoms with Crippen LogP contribution < -0.4 is 10.6 Å². The highest BCUT2D eigenvalue weighted by atomic mass is 15.0. The van der Waals surface area contributed by atoms with Crippen LogP contribution in [-0.2, 0) is 0 Å². The molecule has 1 aliphatic heterocycles. The SMILES string of the molecule is CNC1(C)CCNCC1. The van der Waals surface area contributed by atoms with Crippen molar-refractivity contribution in [2.75, 3.05) is 20.1 Å². The Morgan fingerprint density at radius 3 is 2.22 bits per heavy atom. The van der Waals surface area contributed by atoms with E-state index >= 15 is 0 Å². The first-order chi connectivity index (χ1) is 4.27. The first-order valence-corrected chi connectivity index (χ1v) is 3.66. The van der Waals surface area contributed by atoms with Gasteiger partial charge in [-0.3, -0.25) is 0 Å². The van der Waals surface area contributed by atoms with Gasteiger partial charge < -0.3 is 10.6 Å². The summed E-state index contributed by atoms with van der Waals surface area (Å²) in [6.07, 6.45) is 2.51. The van der Waals surface area contributed by atoms with E-state index in [9.17, 15) is 0 Å². The lowest BCUT2D eigenvalue weighted by atomic mass is 9.91. The molecule has 0 saturated carbocycles. The molecule has 1 aliphatic rings. The lowest BCUT2D eigenvalue weighted by Gasteiger charge is -2.33. The van der Waals surface area contributed by atoms with Gasteiger partial charge in [0.2, 0.25) is 0 Å². The van der Waals surface area contributed by atoms with Gasteiger partial charge in [0.15, 0.2) is 0 Å². The molecule has 0 amide bonds. The second kappa shape index (κ2) is 2.67. The minimum Gasteiger partial charge on any atom is -0.317 e. The number of nitrogens with one attached hydrogen (secondary N) is 2. The van der Waals surface area contributed by atoms with Crippen molar-refractivity contribution in [1.82, 2.24) is 10.6 Å². The third kappa shape index (κ3) is 1.66. The smallest absolute Gasteiger partial charge is 0.0174 e. The van der Waals surface area contributed by atoms with Crippen LogP contribution in [0.25, 0.3) is 0 Å². The maximum absolute atomic E-state index is 3.34. The first-order valence-electron chi connectivity index (χ1n) is 3.66. The van der Waals surface area contributed by atoms with Crippen molar-refractivity contribution in [2.24, 2.45) is 0 Å². The molecule has 2 nitrogen and oxygen atoms in total. The number of rotatable bonds is 1. The van der Waals surface area contributed by atoms with Gasteiger partial charge in [-0.25, -0.2) is 0 Å². The van der Waals surface area contributed by atoms with E-state index in [0.29, 0.717) is 5.54 Å². The van der Waals surface area contributed by atoms with E-state index in [0.717, 1.165) is 13.1 Å². The Morgan fingerprint density at radius 1 is 1.33 bits per heavy atom. The van der Waals surface area contributed by atoms with Crippen LogP contribution in [0.2, 0.25) is 0 Å². The summed E-state index contributed by atoms with van der Waals surface area (Å²) in [5, 5.41) is 6.67. The highest BCUT2D eigenvalue weighted by Gasteiger charge is 2.23. The lowest BCUT2D eigenvalue weighted by Crippen LogP contribution is -2.48. The molecule has 2 heteroatoms. The molecule has 0 aromatic carbocycles. The van der Waals surface area contributed by atoms with Gasteiger partial charge in [-0.15, -0.1) is 0 Å². The summed E-state index contributed by atoms with van der Waals surface area (Å²) in [5.74, 6) is 0. The van der Waals surface area contributed by atoms with E-state index in [1.165, 1.54) is 12.8 Å². The molecular weight excluding hydrogens is 112 g/mol. The predicted octanol–water partition coefficient (Wildman–Crippen LogP) is 0.348. The highest BCUT2D eigenvalue weighted by molar-refractivity contribution is 4.86. The Hall–Kier alpha value is -0.0800. The van der Waals surface area contributed by atoms with Crippen molar-refractivity contribution in [3.05, 3.63) is 0 Å². The van der Waals surface area contributed by atoms with E-state index in [4.69, 9.17) is 0 Å². The summed E-state index contributed by atoms with van der Waals surface area (Å²) in [7, 11) is 2.05. The number of hydrogen-bond acceptors (Lipinski definition) is 2. The van der Waals surface area contributed by atoms with Gasteiger partial charge in [0.25, 0.3) is 0 Å². The molecule has 0 unspecified atom stereocenters. The van der Waals surface area contributed by atoms with E-state index in [2.05, 4.69) is 17.6 Å². The Bertz CT molecular complexity index is 84.9. The van der Waals surface area contributed by atoms with Crippen LogP contribution in [0.5, 0.6) is 0 Å².